The Bertz CT molecular complexity index is 547. The highest BCUT2D eigenvalue weighted by Crippen LogP contribution is 2.26. The van der Waals surface area contributed by atoms with E-state index in [9.17, 15) is 4.79 Å². The van der Waals surface area contributed by atoms with Gasteiger partial charge in [0.2, 0.25) is 0 Å². The maximum Gasteiger partial charge on any atom is 0.317 e. The van der Waals surface area contributed by atoms with Crippen LogP contribution in [0, 0.1) is 5.92 Å². The second kappa shape index (κ2) is 8.70. The highest BCUT2D eigenvalue weighted by atomic mass is 16.2. The molecule has 3 rings (SSSR count). The molecule has 0 spiro atoms. The first-order valence-corrected chi connectivity index (χ1v) is 9.91. The number of benzene rings is 1. The lowest BCUT2D eigenvalue weighted by atomic mass is 9.86. The van der Waals surface area contributed by atoms with Crippen LogP contribution in [0.15, 0.2) is 30.3 Å². The van der Waals surface area contributed by atoms with E-state index >= 15 is 0 Å². The Hall–Kier alpha value is -1.55. The van der Waals surface area contributed by atoms with Crippen molar-refractivity contribution in [3.63, 3.8) is 0 Å². The summed E-state index contributed by atoms with van der Waals surface area (Å²) in [6.07, 6.45) is 7.10. The average Bonchev–Trinajstić information content (AvgIpc) is 2.62. The van der Waals surface area contributed by atoms with E-state index in [4.69, 9.17) is 0 Å². The molecule has 3 unspecified atom stereocenters. The van der Waals surface area contributed by atoms with E-state index in [0.717, 1.165) is 51.2 Å². The Morgan fingerprint density at radius 1 is 1.20 bits per heavy atom. The van der Waals surface area contributed by atoms with Crippen LogP contribution >= 0.6 is 0 Å². The number of rotatable bonds is 4. The van der Waals surface area contributed by atoms with Gasteiger partial charge in [0.05, 0.1) is 0 Å². The molecule has 1 N–H and O–H groups in total. The third-order valence-corrected chi connectivity index (χ3v) is 5.86. The molecule has 1 aliphatic carbocycles. The van der Waals surface area contributed by atoms with E-state index in [2.05, 4.69) is 47.5 Å². The molecule has 1 aromatic carbocycles. The zero-order valence-corrected chi connectivity index (χ0v) is 15.8. The number of urea groups is 1. The van der Waals surface area contributed by atoms with Gasteiger partial charge in [0.15, 0.2) is 0 Å². The van der Waals surface area contributed by atoms with Crippen molar-refractivity contribution >= 4 is 6.03 Å². The molecule has 1 saturated heterocycles. The Kier molecular flexibility index (Phi) is 6.35. The Morgan fingerprint density at radius 3 is 2.76 bits per heavy atom. The largest absolute Gasteiger partial charge is 0.334 e. The fraction of sp³-hybridized carbons (Fsp3) is 0.667. The third-order valence-electron chi connectivity index (χ3n) is 5.86. The molecule has 1 aromatic rings. The van der Waals surface area contributed by atoms with Crippen LogP contribution in [0.4, 0.5) is 4.79 Å². The molecular formula is C21H33N3O. The normalized spacial score (nSPS) is 27.7. The quantitative estimate of drug-likeness (QED) is 0.901. The van der Waals surface area contributed by atoms with Crippen LogP contribution in [0.25, 0.3) is 0 Å². The minimum atomic E-state index is 0.116. The summed E-state index contributed by atoms with van der Waals surface area (Å²) in [6.45, 7) is 5.36. The molecule has 3 atom stereocenters. The van der Waals surface area contributed by atoms with Crippen molar-refractivity contribution in [1.82, 2.24) is 15.1 Å². The maximum atomic E-state index is 12.7. The summed E-state index contributed by atoms with van der Waals surface area (Å²) in [6, 6.07) is 11.4. The zero-order chi connectivity index (χ0) is 17.6. The van der Waals surface area contributed by atoms with E-state index in [1.54, 1.807) is 0 Å². The lowest BCUT2D eigenvalue weighted by Crippen LogP contribution is -2.53. The minimum absolute atomic E-state index is 0.116. The molecule has 4 nitrogen and oxygen atoms in total. The molecule has 2 amide bonds. The van der Waals surface area contributed by atoms with E-state index in [1.165, 1.54) is 18.4 Å². The van der Waals surface area contributed by atoms with Gasteiger partial charge in [0.25, 0.3) is 0 Å². The summed E-state index contributed by atoms with van der Waals surface area (Å²) in [7, 11) is 1.97. The van der Waals surface area contributed by atoms with Gasteiger partial charge in [-0.15, -0.1) is 0 Å². The fourth-order valence-electron chi connectivity index (χ4n) is 4.35. The fourth-order valence-corrected chi connectivity index (χ4v) is 4.35. The number of nitrogens with zero attached hydrogens (tertiary/aromatic N) is 2. The van der Waals surface area contributed by atoms with Crippen molar-refractivity contribution in [2.45, 2.75) is 64.1 Å². The highest BCUT2D eigenvalue weighted by molar-refractivity contribution is 5.74. The summed E-state index contributed by atoms with van der Waals surface area (Å²) >= 11 is 0. The Morgan fingerprint density at radius 2 is 2.00 bits per heavy atom. The first-order chi connectivity index (χ1) is 12.1. The summed E-state index contributed by atoms with van der Waals surface area (Å²) in [5, 5.41) is 3.29. The van der Waals surface area contributed by atoms with Crippen molar-refractivity contribution in [2.75, 3.05) is 20.1 Å². The van der Waals surface area contributed by atoms with Gasteiger partial charge >= 0.3 is 6.03 Å². The standard InChI is InChI=1S/C21H33N3O/c1-17-8-6-12-20(14-17)23(2)21(25)22-19-11-7-13-24(16-19)15-18-9-4-3-5-10-18/h3-5,9-10,17,19-20H,6-8,11-16H2,1-2H3,(H,22,25). The lowest BCUT2D eigenvalue weighted by Gasteiger charge is -2.37. The smallest absolute Gasteiger partial charge is 0.317 e. The van der Waals surface area contributed by atoms with E-state index in [-0.39, 0.29) is 12.1 Å². The van der Waals surface area contributed by atoms with Gasteiger partial charge in [-0.05, 0) is 43.7 Å². The average molecular weight is 344 g/mol. The van der Waals surface area contributed by atoms with Crippen LogP contribution in [0.3, 0.4) is 0 Å². The molecular weight excluding hydrogens is 310 g/mol. The first-order valence-electron chi connectivity index (χ1n) is 9.91. The molecule has 25 heavy (non-hydrogen) atoms. The minimum Gasteiger partial charge on any atom is -0.334 e. The van der Waals surface area contributed by atoms with Gasteiger partial charge in [-0.2, -0.15) is 0 Å². The molecule has 0 radical (unpaired) electrons. The van der Waals surface area contributed by atoms with Crippen LogP contribution in [0.2, 0.25) is 0 Å². The predicted molar refractivity (Wildman–Crippen MR) is 102 cm³/mol. The van der Waals surface area contributed by atoms with Gasteiger partial charge in [-0.25, -0.2) is 4.79 Å². The zero-order valence-electron chi connectivity index (χ0n) is 15.8. The summed E-state index contributed by atoms with van der Waals surface area (Å²) < 4.78 is 0. The maximum absolute atomic E-state index is 12.7. The summed E-state index contributed by atoms with van der Waals surface area (Å²) in [5.74, 6) is 0.741. The second-order valence-electron chi connectivity index (χ2n) is 8.05. The third kappa shape index (κ3) is 5.21. The van der Waals surface area contributed by atoms with Crippen molar-refractivity contribution in [2.24, 2.45) is 5.92 Å². The van der Waals surface area contributed by atoms with Crippen LogP contribution < -0.4 is 5.32 Å². The van der Waals surface area contributed by atoms with Gasteiger partial charge in [-0.1, -0.05) is 50.1 Å². The monoisotopic (exact) mass is 343 g/mol. The molecule has 2 fully saturated rings. The van der Waals surface area contributed by atoms with Crippen molar-refractivity contribution in [3.8, 4) is 0 Å². The van der Waals surface area contributed by atoms with Crippen molar-refractivity contribution in [1.29, 1.82) is 0 Å². The molecule has 0 aromatic heterocycles. The van der Waals surface area contributed by atoms with Crippen molar-refractivity contribution in [3.05, 3.63) is 35.9 Å². The molecule has 138 valence electrons. The van der Waals surface area contributed by atoms with E-state index < -0.39 is 0 Å². The van der Waals surface area contributed by atoms with Gasteiger partial charge in [-0.3, -0.25) is 4.90 Å². The van der Waals surface area contributed by atoms with Crippen LogP contribution in [0.1, 0.15) is 51.0 Å². The van der Waals surface area contributed by atoms with Crippen LogP contribution in [0.5, 0.6) is 0 Å². The van der Waals surface area contributed by atoms with Crippen LogP contribution in [-0.2, 0) is 6.54 Å². The number of likely N-dealkylation sites (tertiary alicyclic amines) is 1. The molecule has 2 aliphatic rings. The lowest BCUT2D eigenvalue weighted by molar-refractivity contribution is 0.143. The first kappa shape index (κ1) is 18.2. The number of hydrogen-bond donors (Lipinski definition) is 1. The predicted octanol–water partition coefficient (Wildman–Crippen LogP) is 3.87. The molecule has 0 bridgehead atoms. The second-order valence-corrected chi connectivity index (χ2v) is 8.05. The molecule has 1 aliphatic heterocycles. The van der Waals surface area contributed by atoms with Gasteiger partial charge < -0.3 is 10.2 Å². The summed E-state index contributed by atoms with van der Waals surface area (Å²) in [4.78, 5) is 17.1. The van der Waals surface area contributed by atoms with Crippen LogP contribution in [-0.4, -0.2) is 48.1 Å². The Labute approximate surface area is 152 Å². The van der Waals surface area contributed by atoms with Crippen molar-refractivity contribution < 1.29 is 4.79 Å². The van der Waals surface area contributed by atoms with Gasteiger partial charge in [0, 0.05) is 32.2 Å². The van der Waals surface area contributed by atoms with E-state index in [0.29, 0.717) is 6.04 Å². The Balaban J connectivity index is 1.49. The SMILES string of the molecule is CC1CCCC(N(C)C(=O)NC2CCCN(Cc3ccccc3)C2)C1. The van der Waals surface area contributed by atoms with E-state index in [1.807, 2.05) is 11.9 Å². The highest BCUT2D eigenvalue weighted by Gasteiger charge is 2.28. The molecule has 1 heterocycles. The topological polar surface area (TPSA) is 35.6 Å². The summed E-state index contributed by atoms with van der Waals surface area (Å²) in [5.41, 5.74) is 1.35. The number of hydrogen-bond acceptors (Lipinski definition) is 2. The molecule has 1 saturated carbocycles. The number of carbonyl (C=O) groups excluding carboxylic acids is 1. The number of amides is 2. The van der Waals surface area contributed by atoms with Gasteiger partial charge in [0.1, 0.15) is 0 Å². The number of carbonyl (C=O) groups is 1. The molecule has 4 heteroatoms. The number of piperidine rings is 1. The number of nitrogens with one attached hydrogen (secondary N) is 1.